The molecule has 4 aromatic rings. The zero-order chi connectivity index (χ0) is 23.7. The van der Waals surface area contributed by atoms with Crippen molar-refractivity contribution in [2.24, 2.45) is 0 Å². The van der Waals surface area contributed by atoms with Gasteiger partial charge in [-0.2, -0.15) is 4.98 Å². The van der Waals surface area contributed by atoms with Crippen molar-refractivity contribution in [2.45, 2.75) is 25.8 Å². The number of fused-ring (bicyclic) bond motifs is 1. The van der Waals surface area contributed by atoms with Crippen LogP contribution >= 0.6 is 0 Å². The molecule has 0 unspecified atom stereocenters. The average Bonchev–Trinajstić information content (AvgIpc) is 2.87. The lowest BCUT2D eigenvalue weighted by molar-refractivity contribution is -0.133. The zero-order valence-corrected chi connectivity index (χ0v) is 18.9. The Hall–Kier alpha value is -4.20. The summed E-state index contributed by atoms with van der Waals surface area (Å²) < 4.78 is 0.460. The van der Waals surface area contributed by atoms with Gasteiger partial charge in [0.05, 0.1) is 5.39 Å². The normalized spacial score (nSPS) is 13.9. The number of pyridine rings is 1. The standard InChI is InChI=1S/C26H25N5O3/c1-29(25-22-11-6-13-27-24(22)31(34)26(33)28-25)21-10-5-9-20(16-21)19-8-4-7-18(15-19)17-30-14-3-2-12-23(30)32/h4-11,13,15-16,34H,2-3,12,14,17H2,1H3. The SMILES string of the molecule is CN(c1cccc(-c2cccc(CN3CCCCC3=O)c2)c1)c1nc(=O)n(O)c2ncccc12. The summed E-state index contributed by atoms with van der Waals surface area (Å²) >= 11 is 0. The van der Waals surface area contributed by atoms with E-state index in [9.17, 15) is 14.8 Å². The number of carbonyl (C=O) groups is 1. The molecule has 0 spiro atoms. The molecule has 1 aliphatic rings. The van der Waals surface area contributed by atoms with Gasteiger partial charge in [-0.25, -0.2) is 9.78 Å². The second kappa shape index (κ2) is 8.97. The molecule has 1 aliphatic heterocycles. The van der Waals surface area contributed by atoms with Crippen LogP contribution in [0.25, 0.3) is 22.2 Å². The molecule has 1 fully saturated rings. The maximum absolute atomic E-state index is 12.2. The van der Waals surface area contributed by atoms with Crippen molar-refractivity contribution in [3.8, 4) is 11.1 Å². The average molecular weight is 456 g/mol. The smallest absolute Gasteiger partial charge is 0.384 e. The number of anilines is 2. The molecule has 2 aromatic carbocycles. The number of carbonyl (C=O) groups excluding carboxylic acids is 1. The van der Waals surface area contributed by atoms with Crippen LogP contribution in [0.3, 0.4) is 0 Å². The predicted octanol–water partition coefficient (Wildman–Crippen LogP) is 3.98. The van der Waals surface area contributed by atoms with E-state index in [1.165, 1.54) is 6.20 Å². The quantitative estimate of drug-likeness (QED) is 0.458. The summed E-state index contributed by atoms with van der Waals surface area (Å²) in [4.78, 5) is 36.4. The summed E-state index contributed by atoms with van der Waals surface area (Å²) in [5.74, 6) is 0.632. The molecule has 0 aliphatic carbocycles. The van der Waals surface area contributed by atoms with Gasteiger partial charge in [0.25, 0.3) is 0 Å². The van der Waals surface area contributed by atoms with Crippen molar-refractivity contribution in [2.75, 3.05) is 18.5 Å². The first-order valence-corrected chi connectivity index (χ1v) is 11.3. The molecular formula is C26H25N5O3. The molecule has 0 atom stereocenters. The molecule has 8 heteroatoms. The summed E-state index contributed by atoms with van der Waals surface area (Å²) in [6.45, 7) is 1.43. The number of aromatic nitrogens is 3. The fourth-order valence-corrected chi connectivity index (χ4v) is 4.40. The van der Waals surface area contributed by atoms with Gasteiger partial charge in [0.15, 0.2) is 5.65 Å². The minimum atomic E-state index is -0.788. The fourth-order valence-electron chi connectivity index (χ4n) is 4.40. The highest BCUT2D eigenvalue weighted by Gasteiger charge is 2.19. The van der Waals surface area contributed by atoms with E-state index in [0.29, 0.717) is 28.9 Å². The Balaban J connectivity index is 1.47. The maximum Gasteiger partial charge on any atom is 0.384 e. The van der Waals surface area contributed by atoms with E-state index in [4.69, 9.17) is 0 Å². The van der Waals surface area contributed by atoms with Gasteiger partial charge in [-0.05, 0) is 59.9 Å². The summed E-state index contributed by atoms with van der Waals surface area (Å²) in [7, 11) is 1.83. The Morgan fingerprint density at radius 2 is 1.79 bits per heavy atom. The van der Waals surface area contributed by atoms with Gasteiger partial charge in [-0.1, -0.05) is 30.3 Å². The Bertz CT molecular complexity index is 1430. The van der Waals surface area contributed by atoms with Crippen molar-refractivity contribution in [3.05, 3.63) is 82.9 Å². The van der Waals surface area contributed by atoms with Crippen LogP contribution in [-0.4, -0.2) is 44.3 Å². The van der Waals surface area contributed by atoms with Crippen LogP contribution in [0.1, 0.15) is 24.8 Å². The van der Waals surface area contributed by atoms with Gasteiger partial charge in [0.2, 0.25) is 5.91 Å². The fraction of sp³-hybridized carbons (Fsp3) is 0.231. The summed E-state index contributed by atoms with van der Waals surface area (Å²) in [5.41, 5.74) is 3.35. The number of hydrogen-bond acceptors (Lipinski definition) is 6. The third kappa shape index (κ3) is 4.10. The molecule has 3 heterocycles. The van der Waals surface area contributed by atoms with Crippen LogP contribution in [0.4, 0.5) is 11.5 Å². The molecule has 0 saturated carbocycles. The van der Waals surface area contributed by atoms with E-state index >= 15 is 0 Å². The lowest BCUT2D eigenvalue weighted by Gasteiger charge is -2.27. The Morgan fingerprint density at radius 1 is 1.00 bits per heavy atom. The van der Waals surface area contributed by atoms with Gasteiger partial charge in [-0.15, -0.1) is 4.73 Å². The molecule has 8 nitrogen and oxygen atoms in total. The van der Waals surface area contributed by atoms with E-state index in [0.717, 1.165) is 41.8 Å². The molecular weight excluding hydrogens is 430 g/mol. The highest BCUT2D eigenvalue weighted by Crippen LogP contribution is 2.31. The van der Waals surface area contributed by atoms with E-state index in [-0.39, 0.29) is 11.6 Å². The van der Waals surface area contributed by atoms with Gasteiger partial charge in [-0.3, -0.25) is 4.79 Å². The van der Waals surface area contributed by atoms with E-state index in [1.54, 1.807) is 12.1 Å². The van der Waals surface area contributed by atoms with Gasteiger partial charge >= 0.3 is 5.69 Å². The van der Waals surface area contributed by atoms with Crippen LogP contribution in [0.2, 0.25) is 0 Å². The highest BCUT2D eigenvalue weighted by molar-refractivity contribution is 5.89. The molecule has 34 heavy (non-hydrogen) atoms. The van der Waals surface area contributed by atoms with Crippen LogP contribution in [0.5, 0.6) is 0 Å². The number of piperidine rings is 1. The highest BCUT2D eigenvalue weighted by atomic mass is 16.5. The van der Waals surface area contributed by atoms with Crippen molar-refractivity contribution < 1.29 is 10.0 Å². The molecule has 1 amide bonds. The topological polar surface area (TPSA) is 91.6 Å². The summed E-state index contributed by atoms with van der Waals surface area (Å²) in [6, 6.07) is 19.7. The zero-order valence-electron chi connectivity index (χ0n) is 18.9. The number of nitrogens with zero attached hydrogens (tertiary/aromatic N) is 5. The first kappa shape index (κ1) is 21.6. The van der Waals surface area contributed by atoms with Gasteiger partial charge in [0.1, 0.15) is 5.82 Å². The first-order chi connectivity index (χ1) is 16.5. The third-order valence-electron chi connectivity index (χ3n) is 6.22. The Kier molecular flexibility index (Phi) is 5.71. The predicted molar refractivity (Wildman–Crippen MR) is 130 cm³/mol. The molecule has 2 aromatic heterocycles. The number of benzene rings is 2. The van der Waals surface area contributed by atoms with Crippen molar-refractivity contribution in [3.63, 3.8) is 0 Å². The number of likely N-dealkylation sites (tertiary alicyclic amines) is 1. The Morgan fingerprint density at radius 3 is 2.62 bits per heavy atom. The maximum atomic E-state index is 12.2. The van der Waals surface area contributed by atoms with E-state index in [2.05, 4.69) is 16.0 Å². The van der Waals surface area contributed by atoms with Crippen molar-refractivity contribution in [1.82, 2.24) is 19.6 Å². The molecule has 5 rings (SSSR count). The van der Waals surface area contributed by atoms with E-state index in [1.807, 2.05) is 59.3 Å². The lowest BCUT2D eigenvalue weighted by atomic mass is 10.0. The third-order valence-corrected chi connectivity index (χ3v) is 6.22. The van der Waals surface area contributed by atoms with Crippen molar-refractivity contribution in [1.29, 1.82) is 0 Å². The largest absolute Gasteiger partial charge is 0.422 e. The Labute approximate surface area is 196 Å². The number of rotatable bonds is 5. The van der Waals surface area contributed by atoms with Crippen molar-refractivity contribution >= 4 is 28.4 Å². The molecule has 1 saturated heterocycles. The summed E-state index contributed by atoms with van der Waals surface area (Å²) in [5, 5.41) is 10.6. The number of amides is 1. The first-order valence-electron chi connectivity index (χ1n) is 11.3. The van der Waals surface area contributed by atoms with Crippen LogP contribution in [-0.2, 0) is 11.3 Å². The summed E-state index contributed by atoms with van der Waals surface area (Å²) in [6.07, 6.45) is 4.18. The van der Waals surface area contributed by atoms with Crippen LogP contribution in [0.15, 0.2) is 71.7 Å². The number of hydrogen-bond donors (Lipinski definition) is 1. The van der Waals surface area contributed by atoms with E-state index < -0.39 is 5.69 Å². The van der Waals surface area contributed by atoms with Gasteiger partial charge < -0.3 is 15.0 Å². The molecule has 0 bridgehead atoms. The molecule has 172 valence electrons. The second-order valence-electron chi connectivity index (χ2n) is 8.49. The molecule has 0 radical (unpaired) electrons. The monoisotopic (exact) mass is 455 g/mol. The minimum Gasteiger partial charge on any atom is -0.422 e. The van der Waals surface area contributed by atoms with Crippen LogP contribution < -0.4 is 10.6 Å². The lowest BCUT2D eigenvalue weighted by Crippen LogP contribution is -2.34. The second-order valence-corrected chi connectivity index (χ2v) is 8.49. The van der Waals surface area contributed by atoms with Crippen LogP contribution in [0, 0.1) is 0 Å². The van der Waals surface area contributed by atoms with Gasteiger partial charge in [0, 0.05) is 38.4 Å². The molecule has 1 N–H and O–H groups in total. The minimum absolute atomic E-state index is 0.153.